The summed E-state index contributed by atoms with van der Waals surface area (Å²) in [6.07, 6.45) is 6.03. The number of aliphatic imine (C=N–C) groups is 1. The van der Waals surface area contributed by atoms with Gasteiger partial charge in [-0.15, -0.1) is 24.0 Å². The van der Waals surface area contributed by atoms with Crippen LogP contribution in [0.4, 0.5) is 5.69 Å². The molecule has 1 fully saturated rings. The smallest absolute Gasteiger partial charge is 0.221 e. The lowest BCUT2D eigenvalue weighted by atomic mass is 10.1. The molecular weight excluding hydrogens is 403 g/mol. The molecule has 0 unspecified atom stereocenters. The van der Waals surface area contributed by atoms with Crippen molar-refractivity contribution in [3.8, 4) is 0 Å². The maximum absolute atomic E-state index is 11.0. The first kappa shape index (κ1) is 19.7. The Morgan fingerprint density at radius 1 is 1.22 bits per heavy atom. The minimum Gasteiger partial charge on any atom is -0.356 e. The second-order valence-corrected chi connectivity index (χ2v) is 5.75. The highest BCUT2D eigenvalue weighted by Crippen LogP contribution is 2.17. The van der Waals surface area contributed by atoms with Crippen LogP contribution in [0.1, 0.15) is 38.2 Å². The van der Waals surface area contributed by atoms with Gasteiger partial charge in [-0.25, -0.2) is 0 Å². The molecule has 0 radical (unpaired) electrons. The summed E-state index contributed by atoms with van der Waals surface area (Å²) < 4.78 is 0. The molecule has 2 rings (SSSR count). The van der Waals surface area contributed by atoms with E-state index in [1.165, 1.54) is 38.2 Å². The van der Waals surface area contributed by atoms with Crippen molar-refractivity contribution in [3.63, 3.8) is 0 Å². The molecule has 5 nitrogen and oxygen atoms in total. The number of anilines is 1. The van der Waals surface area contributed by atoms with Crippen LogP contribution in [0.25, 0.3) is 0 Å². The summed E-state index contributed by atoms with van der Waals surface area (Å²) in [7, 11) is 1.81. The highest BCUT2D eigenvalue weighted by atomic mass is 127. The number of amides is 1. The lowest BCUT2D eigenvalue weighted by Gasteiger charge is -2.16. The van der Waals surface area contributed by atoms with E-state index in [2.05, 4.69) is 20.9 Å². The zero-order valence-electron chi connectivity index (χ0n) is 13.9. The number of carbonyl (C=O) groups excluding carboxylic acids is 1. The van der Waals surface area contributed by atoms with Crippen LogP contribution in [0, 0.1) is 0 Å². The van der Waals surface area contributed by atoms with Crippen molar-refractivity contribution in [2.75, 3.05) is 18.9 Å². The quantitative estimate of drug-likeness (QED) is 0.383. The van der Waals surface area contributed by atoms with Gasteiger partial charge in [0.2, 0.25) is 5.91 Å². The van der Waals surface area contributed by atoms with Crippen molar-refractivity contribution in [3.05, 3.63) is 29.8 Å². The predicted molar refractivity (Wildman–Crippen MR) is 107 cm³/mol. The van der Waals surface area contributed by atoms with Crippen molar-refractivity contribution >= 4 is 41.5 Å². The van der Waals surface area contributed by atoms with Crippen molar-refractivity contribution in [1.82, 2.24) is 10.6 Å². The van der Waals surface area contributed by atoms with E-state index in [0.717, 1.165) is 24.6 Å². The fourth-order valence-electron chi connectivity index (χ4n) is 2.74. The van der Waals surface area contributed by atoms with E-state index in [1.54, 1.807) is 0 Å². The monoisotopic (exact) mass is 430 g/mol. The van der Waals surface area contributed by atoms with E-state index in [9.17, 15) is 4.79 Å². The van der Waals surface area contributed by atoms with E-state index in [0.29, 0.717) is 6.04 Å². The summed E-state index contributed by atoms with van der Waals surface area (Å²) in [5.74, 6) is 0.845. The minimum absolute atomic E-state index is 0. The summed E-state index contributed by atoms with van der Waals surface area (Å²) in [5, 5.41) is 9.61. The van der Waals surface area contributed by atoms with Crippen LogP contribution in [-0.4, -0.2) is 31.5 Å². The number of benzene rings is 1. The first-order valence-corrected chi connectivity index (χ1v) is 8.01. The molecule has 1 aromatic rings. The van der Waals surface area contributed by atoms with E-state index in [4.69, 9.17) is 0 Å². The zero-order valence-corrected chi connectivity index (χ0v) is 16.2. The number of hydrogen-bond acceptors (Lipinski definition) is 2. The van der Waals surface area contributed by atoms with Gasteiger partial charge in [0.25, 0.3) is 0 Å². The standard InChI is InChI=1S/C17H26N4O.HI/c1-13(22)20-16-9-7-14(8-10-16)11-12-19-17(18-2)21-15-5-3-4-6-15;/h7-10,15H,3-6,11-12H2,1-2H3,(H,20,22)(H2,18,19,21);1H. The van der Waals surface area contributed by atoms with Crippen molar-refractivity contribution < 1.29 is 4.79 Å². The molecule has 0 saturated heterocycles. The van der Waals surface area contributed by atoms with Crippen LogP contribution in [0.15, 0.2) is 29.3 Å². The van der Waals surface area contributed by atoms with Gasteiger partial charge in [-0.2, -0.15) is 0 Å². The van der Waals surface area contributed by atoms with Crippen LogP contribution in [0.3, 0.4) is 0 Å². The molecule has 0 atom stereocenters. The van der Waals surface area contributed by atoms with Gasteiger partial charge in [-0.1, -0.05) is 25.0 Å². The van der Waals surface area contributed by atoms with Crippen LogP contribution >= 0.6 is 24.0 Å². The second-order valence-electron chi connectivity index (χ2n) is 5.75. The SMILES string of the molecule is CN=C(NCCc1ccc(NC(C)=O)cc1)NC1CCCC1.I. The minimum atomic E-state index is -0.0452. The number of rotatable bonds is 5. The van der Waals surface area contributed by atoms with Crippen LogP contribution in [0.5, 0.6) is 0 Å². The summed E-state index contributed by atoms with van der Waals surface area (Å²) in [4.78, 5) is 15.3. The average Bonchev–Trinajstić information content (AvgIpc) is 3.00. The molecule has 0 aromatic heterocycles. The molecule has 1 aliphatic rings. The Kier molecular flexibility index (Phi) is 8.98. The van der Waals surface area contributed by atoms with Gasteiger partial charge in [0, 0.05) is 32.2 Å². The number of hydrogen-bond donors (Lipinski definition) is 3. The van der Waals surface area contributed by atoms with Gasteiger partial charge < -0.3 is 16.0 Å². The molecule has 128 valence electrons. The molecule has 0 aliphatic heterocycles. The van der Waals surface area contributed by atoms with E-state index < -0.39 is 0 Å². The summed E-state index contributed by atoms with van der Waals surface area (Å²) in [5.41, 5.74) is 2.07. The summed E-state index contributed by atoms with van der Waals surface area (Å²) >= 11 is 0. The highest BCUT2D eigenvalue weighted by Gasteiger charge is 2.15. The number of carbonyl (C=O) groups is 1. The maximum Gasteiger partial charge on any atom is 0.221 e. The third-order valence-electron chi connectivity index (χ3n) is 3.90. The largest absolute Gasteiger partial charge is 0.356 e. The van der Waals surface area contributed by atoms with Crippen LogP contribution in [0.2, 0.25) is 0 Å². The predicted octanol–water partition coefficient (Wildman–Crippen LogP) is 2.91. The summed E-state index contributed by atoms with van der Waals surface area (Å²) in [6, 6.07) is 8.52. The normalized spacial score (nSPS) is 15.0. The van der Waals surface area contributed by atoms with Gasteiger partial charge in [0.05, 0.1) is 0 Å². The average molecular weight is 430 g/mol. The Morgan fingerprint density at radius 2 is 1.87 bits per heavy atom. The van der Waals surface area contributed by atoms with Crippen LogP contribution in [-0.2, 0) is 11.2 Å². The van der Waals surface area contributed by atoms with E-state index in [1.807, 2.05) is 31.3 Å². The molecule has 0 bridgehead atoms. The van der Waals surface area contributed by atoms with Gasteiger partial charge in [-0.3, -0.25) is 9.79 Å². The summed E-state index contributed by atoms with van der Waals surface area (Å²) in [6.45, 7) is 2.35. The second kappa shape index (κ2) is 10.5. The lowest BCUT2D eigenvalue weighted by molar-refractivity contribution is -0.114. The van der Waals surface area contributed by atoms with Crippen molar-refractivity contribution in [2.45, 2.75) is 45.1 Å². The molecule has 6 heteroatoms. The lowest BCUT2D eigenvalue weighted by Crippen LogP contribution is -2.42. The molecule has 1 aliphatic carbocycles. The first-order valence-electron chi connectivity index (χ1n) is 8.01. The topological polar surface area (TPSA) is 65.5 Å². The van der Waals surface area contributed by atoms with Crippen molar-refractivity contribution in [2.24, 2.45) is 4.99 Å². The molecule has 23 heavy (non-hydrogen) atoms. The van der Waals surface area contributed by atoms with Gasteiger partial charge in [0.15, 0.2) is 5.96 Å². The number of nitrogens with one attached hydrogen (secondary N) is 3. The molecule has 1 saturated carbocycles. The van der Waals surface area contributed by atoms with Crippen molar-refractivity contribution in [1.29, 1.82) is 0 Å². The molecule has 1 aromatic carbocycles. The van der Waals surface area contributed by atoms with Crippen LogP contribution < -0.4 is 16.0 Å². The first-order chi connectivity index (χ1) is 10.7. The third-order valence-corrected chi connectivity index (χ3v) is 3.90. The Bertz CT molecular complexity index is 510. The highest BCUT2D eigenvalue weighted by molar-refractivity contribution is 14.0. The van der Waals surface area contributed by atoms with E-state index in [-0.39, 0.29) is 29.9 Å². The molecule has 0 spiro atoms. The molecule has 1 amide bonds. The molecular formula is C17H27IN4O. The Labute approximate surface area is 155 Å². The maximum atomic E-state index is 11.0. The molecule has 0 heterocycles. The van der Waals surface area contributed by atoms with Gasteiger partial charge in [0.1, 0.15) is 0 Å². The number of nitrogens with zero attached hydrogens (tertiary/aromatic N) is 1. The Hall–Kier alpha value is -1.31. The van der Waals surface area contributed by atoms with E-state index >= 15 is 0 Å². The third kappa shape index (κ3) is 7.20. The zero-order chi connectivity index (χ0) is 15.8. The number of guanidine groups is 1. The number of halogens is 1. The molecule has 3 N–H and O–H groups in total. The van der Waals surface area contributed by atoms with Gasteiger partial charge in [-0.05, 0) is 37.0 Å². The Morgan fingerprint density at radius 3 is 2.43 bits per heavy atom. The Balaban J connectivity index is 0.00000264. The van der Waals surface area contributed by atoms with Gasteiger partial charge >= 0.3 is 0 Å². The fourth-order valence-corrected chi connectivity index (χ4v) is 2.74. The fraction of sp³-hybridized carbons (Fsp3) is 0.529.